The summed E-state index contributed by atoms with van der Waals surface area (Å²) in [5.41, 5.74) is 0.606. The van der Waals surface area contributed by atoms with Gasteiger partial charge in [0.15, 0.2) is 6.61 Å². The van der Waals surface area contributed by atoms with Gasteiger partial charge in [-0.3, -0.25) is 9.48 Å². The Morgan fingerprint density at radius 2 is 1.88 bits per heavy atom. The van der Waals surface area contributed by atoms with Gasteiger partial charge in [0.1, 0.15) is 16.5 Å². The number of hydrogen-bond acceptors (Lipinski definition) is 5. The summed E-state index contributed by atoms with van der Waals surface area (Å²) in [6, 6.07) is 4.49. The fraction of sp³-hybridized carbons (Fsp3) is 0.267. The molecule has 140 valence electrons. The van der Waals surface area contributed by atoms with Gasteiger partial charge in [-0.1, -0.05) is 11.6 Å². The number of hydrogen-bond donors (Lipinski definition) is 1. The van der Waals surface area contributed by atoms with Crippen molar-refractivity contribution in [3.05, 3.63) is 40.7 Å². The minimum atomic E-state index is -4.80. The Bertz CT molecular complexity index is 819. The van der Waals surface area contributed by atoms with Gasteiger partial charge in [-0.05, 0) is 31.2 Å². The highest BCUT2D eigenvalue weighted by molar-refractivity contribution is 6.32. The molecule has 0 fully saturated rings. The van der Waals surface area contributed by atoms with Crippen LogP contribution in [0.4, 0.5) is 18.9 Å². The summed E-state index contributed by atoms with van der Waals surface area (Å²) in [4.78, 5) is 23.8. The van der Waals surface area contributed by atoms with Crippen LogP contribution in [0.1, 0.15) is 16.1 Å². The maximum atomic E-state index is 12.1. The summed E-state index contributed by atoms with van der Waals surface area (Å²) in [5.74, 6) is -1.92. The molecule has 2 aromatic rings. The Morgan fingerprint density at radius 1 is 1.27 bits per heavy atom. The number of nitrogens with one attached hydrogen (secondary N) is 1. The Labute approximate surface area is 150 Å². The van der Waals surface area contributed by atoms with E-state index in [1.807, 2.05) is 0 Å². The molecule has 0 aliphatic rings. The van der Waals surface area contributed by atoms with Crippen LogP contribution in [-0.2, 0) is 16.6 Å². The van der Waals surface area contributed by atoms with Crippen molar-refractivity contribution in [3.63, 3.8) is 0 Å². The molecule has 1 N–H and O–H groups in total. The lowest BCUT2D eigenvalue weighted by molar-refractivity contribution is -0.274. The van der Waals surface area contributed by atoms with Gasteiger partial charge < -0.3 is 14.8 Å². The smallest absolute Gasteiger partial charge is 0.452 e. The normalized spacial score (nSPS) is 11.2. The van der Waals surface area contributed by atoms with E-state index in [2.05, 4.69) is 15.2 Å². The third-order valence-electron chi connectivity index (χ3n) is 3.06. The lowest BCUT2D eigenvalue weighted by atomic mass is 10.3. The third-order valence-corrected chi connectivity index (χ3v) is 3.50. The van der Waals surface area contributed by atoms with Gasteiger partial charge in [-0.15, -0.1) is 13.2 Å². The van der Waals surface area contributed by atoms with Crippen LogP contribution in [0.2, 0.25) is 5.15 Å². The molecule has 0 saturated carbocycles. The molecule has 2 rings (SSSR count). The van der Waals surface area contributed by atoms with Crippen LogP contribution in [-0.4, -0.2) is 34.6 Å². The monoisotopic (exact) mass is 391 g/mol. The number of nitrogens with zero attached hydrogens (tertiary/aromatic N) is 2. The van der Waals surface area contributed by atoms with Crippen molar-refractivity contribution in [2.75, 3.05) is 11.9 Å². The van der Waals surface area contributed by atoms with E-state index < -0.39 is 30.6 Å². The van der Waals surface area contributed by atoms with Gasteiger partial charge in [0.05, 0.1) is 5.69 Å². The van der Waals surface area contributed by atoms with Crippen LogP contribution in [0.15, 0.2) is 24.3 Å². The van der Waals surface area contributed by atoms with Gasteiger partial charge >= 0.3 is 12.3 Å². The highest BCUT2D eigenvalue weighted by Crippen LogP contribution is 2.24. The lowest BCUT2D eigenvalue weighted by Gasteiger charge is -2.10. The van der Waals surface area contributed by atoms with Gasteiger partial charge in [0.25, 0.3) is 5.91 Å². The van der Waals surface area contributed by atoms with Gasteiger partial charge in [-0.2, -0.15) is 5.10 Å². The number of carbonyl (C=O) groups is 2. The number of ether oxygens (including phenoxy) is 2. The number of aryl methyl sites for hydroxylation is 2. The maximum absolute atomic E-state index is 12.1. The summed E-state index contributed by atoms with van der Waals surface area (Å²) in [6.07, 6.45) is -4.80. The molecule has 0 unspecified atom stereocenters. The van der Waals surface area contributed by atoms with E-state index in [1.165, 1.54) is 16.8 Å². The van der Waals surface area contributed by atoms with Crippen molar-refractivity contribution in [2.24, 2.45) is 7.05 Å². The Hall–Kier alpha value is -2.75. The van der Waals surface area contributed by atoms with Crippen molar-refractivity contribution < 1.29 is 32.2 Å². The molecule has 1 heterocycles. The van der Waals surface area contributed by atoms with E-state index >= 15 is 0 Å². The number of aromatic nitrogens is 2. The van der Waals surface area contributed by atoms with Gasteiger partial charge in [0, 0.05) is 12.7 Å². The number of carbonyl (C=O) groups excluding carboxylic acids is 2. The molecule has 0 atom stereocenters. The molecular weight excluding hydrogens is 379 g/mol. The fourth-order valence-corrected chi connectivity index (χ4v) is 2.25. The number of benzene rings is 1. The first-order valence-corrected chi connectivity index (χ1v) is 7.46. The van der Waals surface area contributed by atoms with Crippen molar-refractivity contribution in [3.8, 4) is 5.75 Å². The summed E-state index contributed by atoms with van der Waals surface area (Å²) >= 11 is 5.92. The topological polar surface area (TPSA) is 82.5 Å². The second-order valence-corrected chi connectivity index (χ2v) is 5.43. The molecule has 7 nitrogen and oxygen atoms in total. The second kappa shape index (κ2) is 7.65. The van der Waals surface area contributed by atoms with E-state index in [-0.39, 0.29) is 16.4 Å². The predicted molar refractivity (Wildman–Crippen MR) is 85.0 cm³/mol. The van der Waals surface area contributed by atoms with Crippen LogP contribution in [0.25, 0.3) is 0 Å². The quantitative estimate of drug-likeness (QED) is 0.792. The molecule has 1 aromatic heterocycles. The first-order chi connectivity index (χ1) is 12.1. The molecule has 1 aromatic carbocycles. The van der Waals surface area contributed by atoms with Crippen LogP contribution in [0.3, 0.4) is 0 Å². The Morgan fingerprint density at radius 3 is 2.38 bits per heavy atom. The van der Waals surface area contributed by atoms with E-state index in [4.69, 9.17) is 16.3 Å². The van der Waals surface area contributed by atoms with E-state index in [0.717, 1.165) is 12.1 Å². The second-order valence-electron chi connectivity index (χ2n) is 5.07. The minimum Gasteiger partial charge on any atom is -0.452 e. The first-order valence-electron chi connectivity index (χ1n) is 7.08. The fourth-order valence-electron chi connectivity index (χ4n) is 2.00. The summed E-state index contributed by atoms with van der Waals surface area (Å²) in [5, 5.41) is 6.39. The standard InChI is InChI=1S/C15H13ClF3N3O4/c1-8-12(13(16)22(2)21-8)14(24)25-7-11(23)20-9-3-5-10(6-4-9)26-15(17,18)19/h3-6H,7H2,1-2H3,(H,20,23). The van der Waals surface area contributed by atoms with Crippen LogP contribution < -0.4 is 10.1 Å². The maximum Gasteiger partial charge on any atom is 0.573 e. The number of halogens is 4. The number of rotatable bonds is 5. The Kier molecular flexibility index (Phi) is 5.76. The van der Waals surface area contributed by atoms with Crippen LogP contribution >= 0.6 is 11.6 Å². The molecule has 0 aliphatic heterocycles. The number of anilines is 1. The summed E-state index contributed by atoms with van der Waals surface area (Å²) < 4.78 is 46.1. The van der Waals surface area contributed by atoms with Crippen LogP contribution in [0, 0.1) is 6.92 Å². The van der Waals surface area contributed by atoms with E-state index in [9.17, 15) is 22.8 Å². The summed E-state index contributed by atoms with van der Waals surface area (Å²) in [6.45, 7) is 0.956. The summed E-state index contributed by atoms with van der Waals surface area (Å²) in [7, 11) is 1.55. The van der Waals surface area contributed by atoms with Crippen molar-refractivity contribution in [2.45, 2.75) is 13.3 Å². The average molecular weight is 392 g/mol. The molecule has 0 radical (unpaired) electrons. The van der Waals surface area contributed by atoms with Crippen molar-refractivity contribution in [1.82, 2.24) is 9.78 Å². The van der Waals surface area contributed by atoms with Gasteiger partial charge in [0.2, 0.25) is 0 Å². The zero-order chi connectivity index (χ0) is 19.5. The SMILES string of the molecule is Cc1nn(C)c(Cl)c1C(=O)OCC(=O)Nc1ccc(OC(F)(F)F)cc1. The van der Waals surface area contributed by atoms with Crippen molar-refractivity contribution >= 4 is 29.2 Å². The highest BCUT2D eigenvalue weighted by Gasteiger charge is 2.31. The Balaban J connectivity index is 1.90. The van der Waals surface area contributed by atoms with Crippen molar-refractivity contribution in [1.29, 1.82) is 0 Å². The molecule has 11 heteroatoms. The molecule has 1 amide bonds. The minimum absolute atomic E-state index is 0.0515. The van der Waals surface area contributed by atoms with E-state index in [1.54, 1.807) is 14.0 Å². The highest BCUT2D eigenvalue weighted by atomic mass is 35.5. The molecule has 0 spiro atoms. The number of esters is 1. The molecule has 0 aliphatic carbocycles. The predicted octanol–water partition coefficient (Wildman–Crippen LogP) is 3.08. The zero-order valence-electron chi connectivity index (χ0n) is 13.6. The first kappa shape index (κ1) is 19.6. The molecular formula is C15H13ClF3N3O4. The number of alkyl halides is 3. The molecule has 26 heavy (non-hydrogen) atoms. The zero-order valence-corrected chi connectivity index (χ0v) is 14.3. The molecule has 0 bridgehead atoms. The average Bonchev–Trinajstić information content (AvgIpc) is 2.78. The van der Waals surface area contributed by atoms with Crippen LogP contribution in [0.5, 0.6) is 5.75 Å². The van der Waals surface area contributed by atoms with Gasteiger partial charge in [-0.25, -0.2) is 4.79 Å². The third kappa shape index (κ3) is 5.12. The number of amides is 1. The lowest BCUT2D eigenvalue weighted by Crippen LogP contribution is -2.21. The molecule has 0 saturated heterocycles. The van der Waals surface area contributed by atoms with E-state index in [0.29, 0.717) is 5.69 Å². The largest absolute Gasteiger partial charge is 0.573 e.